The summed E-state index contributed by atoms with van der Waals surface area (Å²) < 4.78 is 31.4. The molecule has 1 unspecified atom stereocenters. The van der Waals surface area contributed by atoms with E-state index in [2.05, 4.69) is 0 Å². The zero-order valence-corrected chi connectivity index (χ0v) is 11.8. The predicted octanol–water partition coefficient (Wildman–Crippen LogP) is 1.04. The minimum atomic E-state index is -3.52. The number of rotatable bonds is 5. The van der Waals surface area contributed by atoms with Crippen molar-refractivity contribution >= 4 is 21.4 Å². The van der Waals surface area contributed by atoms with Crippen molar-refractivity contribution in [3.8, 4) is 0 Å². The molecule has 1 aliphatic heterocycles. The van der Waals surface area contributed by atoms with Crippen molar-refractivity contribution in [3.05, 3.63) is 16.3 Å². The molecule has 1 atom stereocenters. The fourth-order valence-corrected chi connectivity index (χ4v) is 4.48. The SMILES string of the molecule is CN(CC1CCCO1)S(=O)(=O)c1ccsc1CO. The highest BCUT2D eigenvalue weighted by atomic mass is 32.2. The molecular weight excluding hydrogens is 274 g/mol. The van der Waals surface area contributed by atoms with Crippen molar-refractivity contribution in [2.45, 2.75) is 30.4 Å². The monoisotopic (exact) mass is 291 g/mol. The molecule has 7 heteroatoms. The first-order valence-corrected chi connectivity index (χ1v) is 8.13. The fraction of sp³-hybridized carbons (Fsp3) is 0.636. The molecule has 1 fully saturated rings. The van der Waals surface area contributed by atoms with E-state index < -0.39 is 10.0 Å². The molecule has 1 aromatic rings. The molecule has 5 nitrogen and oxygen atoms in total. The van der Waals surface area contributed by atoms with E-state index in [9.17, 15) is 8.42 Å². The molecule has 0 aliphatic carbocycles. The van der Waals surface area contributed by atoms with E-state index in [4.69, 9.17) is 9.84 Å². The molecule has 0 radical (unpaired) electrons. The Morgan fingerprint density at radius 1 is 1.61 bits per heavy atom. The lowest BCUT2D eigenvalue weighted by Crippen LogP contribution is -2.34. The van der Waals surface area contributed by atoms with Crippen LogP contribution < -0.4 is 0 Å². The minimum Gasteiger partial charge on any atom is -0.391 e. The Hall–Kier alpha value is -0.470. The Morgan fingerprint density at radius 2 is 2.39 bits per heavy atom. The van der Waals surface area contributed by atoms with Gasteiger partial charge in [-0.1, -0.05) is 0 Å². The summed E-state index contributed by atoms with van der Waals surface area (Å²) in [5, 5.41) is 10.8. The average molecular weight is 291 g/mol. The normalized spacial score (nSPS) is 20.7. The third kappa shape index (κ3) is 2.75. The van der Waals surface area contributed by atoms with Crippen molar-refractivity contribution in [3.63, 3.8) is 0 Å². The molecule has 0 amide bonds. The highest BCUT2D eigenvalue weighted by Crippen LogP contribution is 2.25. The third-order valence-corrected chi connectivity index (χ3v) is 5.96. The molecule has 18 heavy (non-hydrogen) atoms. The van der Waals surface area contributed by atoms with Crippen LogP contribution in [0.3, 0.4) is 0 Å². The quantitative estimate of drug-likeness (QED) is 0.880. The first-order chi connectivity index (χ1) is 8.55. The summed E-state index contributed by atoms with van der Waals surface area (Å²) in [5.41, 5.74) is 0. The summed E-state index contributed by atoms with van der Waals surface area (Å²) in [6.07, 6.45) is 1.87. The summed E-state index contributed by atoms with van der Waals surface area (Å²) in [7, 11) is -1.97. The number of hydrogen-bond donors (Lipinski definition) is 1. The number of sulfonamides is 1. The summed E-state index contributed by atoms with van der Waals surface area (Å²) in [6.45, 7) is 0.821. The Bertz CT molecular complexity index is 491. The van der Waals surface area contributed by atoms with Gasteiger partial charge in [-0.05, 0) is 24.3 Å². The van der Waals surface area contributed by atoms with Gasteiger partial charge in [-0.2, -0.15) is 4.31 Å². The number of thiophene rings is 1. The topological polar surface area (TPSA) is 66.8 Å². The van der Waals surface area contributed by atoms with E-state index in [1.165, 1.54) is 21.7 Å². The van der Waals surface area contributed by atoms with Crippen molar-refractivity contribution in [2.75, 3.05) is 20.2 Å². The van der Waals surface area contributed by atoms with Crippen LogP contribution in [0.15, 0.2) is 16.3 Å². The maximum Gasteiger partial charge on any atom is 0.244 e. The fourth-order valence-electron chi connectivity index (χ4n) is 2.02. The number of hydrogen-bond acceptors (Lipinski definition) is 5. The number of aliphatic hydroxyl groups is 1. The molecule has 2 rings (SSSR count). The van der Waals surface area contributed by atoms with Gasteiger partial charge >= 0.3 is 0 Å². The summed E-state index contributed by atoms with van der Waals surface area (Å²) in [4.78, 5) is 0.685. The standard InChI is InChI=1S/C11H17NO4S2/c1-12(7-9-3-2-5-16-9)18(14,15)11-4-6-17-10(11)8-13/h4,6,9,13H,2-3,5,7-8H2,1H3. The number of ether oxygens (including phenoxy) is 1. The number of aliphatic hydroxyl groups excluding tert-OH is 1. The van der Waals surface area contributed by atoms with Gasteiger partial charge in [0.05, 0.1) is 17.6 Å². The van der Waals surface area contributed by atoms with Gasteiger partial charge in [-0.15, -0.1) is 11.3 Å². The van der Waals surface area contributed by atoms with Gasteiger partial charge in [0.1, 0.15) is 0 Å². The molecule has 1 saturated heterocycles. The lowest BCUT2D eigenvalue weighted by atomic mass is 10.2. The van der Waals surface area contributed by atoms with E-state index >= 15 is 0 Å². The summed E-state index contributed by atoms with van der Waals surface area (Å²) >= 11 is 1.25. The van der Waals surface area contributed by atoms with Crippen LogP contribution in [0.4, 0.5) is 0 Å². The molecule has 102 valence electrons. The van der Waals surface area contributed by atoms with Gasteiger partial charge in [-0.25, -0.2) is 8.42 Å². The predicted molar refractivity (Wildman–Crippen MR) is 69.0 cm³/mol. The van der Waals surface area contributed by atoms with Gasteiger partial charge in [0.15, 0.2) is 0 Å². The second-order valence-electron chi connectivity index (χ2n) is 4.29. The van der Waals surface area contributed by atoms with Crippen LogP contribution in [0.2, 0.25) is 0 Å². The lowest BCUT2D eigenvalue weighted by molar-refractivity contribution is 0.0978. The molecule has 1 aliphatic rings. The average Bonchev–Trinajstić information content (AvgIpc) is 2.98. The van der Waals surface area contributed by atoms with Gasteiger partial charge in [0.25, 0.3) is 0 Å². The van der Waals surface area contributed by atoms with Crippen LogP contribution in [-0.2, 0) is 21.4 Å². The van der Waals surface area contributed by atoms with Gasteiger partial charge in [0.2, 0.25) is 10.0 Å². The molecule has 0 aromatic carbocycles. The zero-order valence-electron chi connectivity index (χ0n) is 10.2. The van der Waals surface area contributed by atoms with Crippen LogP contribution in [0, 0.1) is 0 Å². The molecule has 2 heterocycles. The van der Waals surface area contributed by atoms with E-state index in [0.717, 1.165) is 12.8 Å². The molecule has 1 aromatic heterocycles. The summed E-state index contributed by atoms with van der Waals surface area (Å²) in [6, 6.07) is 1.54. The van der Waals surface area contributed by atoms with E-state index in [-0.39, 0.29) is 17.6 Å². The molecule has 0 spiro atoms. The van der Waals surface area contributed by atoms with Crippen LogP contribution in [0.5, 0.6) is 0 Å². The first kappa shape index (κ1) is 14.0. The Labute approximate surface area is 111 Å². The van der Waals surface area contributed by atoms with Crippen molar-refractivity contribution in [1.82, 2.24) is 4.31 Å². The minimum absolute atomic E-state index is 0.0130. The lowest BCUT2D eigenvalue weighted by Gasteiger charge is -2.20. The highest BCUT2D eigenvalue weighted by molar-refractivity contribution is 7.89. The molecule has 0 bridgehead atoms. The van der Waals surface area contributed by atoms with Crippen molar-refractivity contribution in [2.24, 2.45) is 0 Å². The summed E-state index contributed by atoms with van der Waals surface area (Å²) in [5.74, 6) is 0. The Kier molecular flexibility index (Phi) is 4.39. The smallest absolute Gasteiger partial charge is 0.244 e. The van der Waals surface area contributed by atoms with E-state index in [1.807, 2.05) is 0 Å². The van der Waals surface area contributed by atoms with Gasteiger partial charge in [0, 0.05) is 25.1 Å². The maximum absolute atomic E-state index is 12.3. The maximum atomic E-state index is 12.3. The van der Waals surface area contributed by atoms with Crippen molar-refractivity contribution in [1.29, 1.82) is 0 Å². The van der Waals surface area contributed by atoms with Gasteiger partial charge in [-0.3, -0.25) is 0 Å². The molecule has 0 saturated carbocycles. The number of nitrogens with zero attached hydrogens (tertiary/aromatic N) is 1. The van der Waals surface area contributed by atoms with Crippen LogP contribution in [0.25, 0.3) is 0 Å². The first-order valence-electron chi connectivity index (χ1n) is 5.81. The van der Waals surface area contributed by atoms with Crippen LogP contribution in [-0.4, -0.2) is 44.1 Å². The number of likely N-dealkylation sites (N-methyl/N-ethyl adjacent to an activating group) is 1. The second-order valence-corrected chi connectivity index (χ2v) is 7.30. The molecular formula is C11H17NO4S2. The van der Waals surface area contributed by atoms with Crippen molar-refractivity contribution < 1.29 is 18.3 Å². The van der Waals surface area contributed by atoms with E-state index in [0.29, 0.717) is 18.0 Å². The largest absolute Gasteiger partial charge is 0.391 e. The Morgan fingerprint density at radius 3 is 3.00 bits per heavy atom. The van der Waals surface area contributed by atoms with E-state index in [1.54, 1.807) is 12.4 Å². The van der Waals surface area contributed by atoms with Gasteiger partial charge < -0.3 is 9.84 Å². The third-order valence-electron chi connectivity index (χ3n) is 3.02. The Balaban J connectivity index is 2.14. The van der Waals surface area contributed by atoms with Crippen LogP contribution >= 0.6 is 11.3 Å². The molecule has 1 N–H and O–H groups in total. The zero-order chi connectivity index (χ0) is 13.2. The highest BCUT2D eigenvalue weighted by Gasteiger charge is 2.28. The van der Waals surface area contributed by atoms with Crippen LogP contribution in [0.1, 0.15) is 17.7 Å². The second kappa shape index (κ2) is 5.66.